The molecular weight excluding hydrogens is 287 g/mol. The van der Waals surface area contributed by atoms with Crippen molar-refractivity contribution in [3.8, 4) is 0 Å². The van der Waals surface area contributed by atoms with Gasteiger partial charge in [-0.15, -0.1) is 0 Å². The summed E-state index contributed by atoms with van der Waals surface area (Å²) in [5, 5.41) is 8.87. The zero-order valence-corrected chi connectivity index (χ0v) is 11.5. The maximum Gasteiger partial charge on any atom is 0.304 e. The maximum absolute atomic E-state index is 13.1. The van der Waals surface area contributed by atoms with Gasteiger partial charge in [-0.1, -0.05) is 6.42 Å². The van der Waals surface area contributed by atoms with E-state index in [-0.39, 0.29) is 17.9 Å². The molecule has 1 aliphatic heterocycles. The van der Waals surface area contributed by atoms with E-state index in [2.05, 4.69) is 4.98 Å². The molecule has 8 heteroatoms. The second-order valence-electron chi connectivity index (χ2n) is 4.70. The average molecular weight is 302 g/mol. The number of piperidine rings is 1. The van der Waals surface area contributed by atoms with Crippen LogP contribution in [0.15, 0.2) is 23.4 Å². The molecule has 1 N–H and O–H groups in total. The van der Waals surface area contributed by atoms with E-state index in [1.807, 2.05) is 0 Å². The molecule has 0 saturated carbocycles. The first-order chi connectivity index (χ1) is 9.41. The predicted octanol–water partition coefficient (Wildman–Crippen LogP) is 1.24. The smallest absolute Gasteiger partial charge is 0.304 e. The van der Waals surface area contributed by atoms with E-state index >= 15 is 0 Å². The van der Waals surface area contributed by atoms with Gasteiger partial charge in [0, 0.05) is 18.8 Å². The molecule has 1 unspecified atom stereocenters. The van der Waals surface area contributed by atoms with Crippen molar-refractivity contribution in [3.63, 3.8) is 0 Å². The van der Waals surface area contributed by atoms with Gasteiger partial charge in [-0.2, -0.15) is 4.31 Å². The van der Waals surface area contributed by atoms with Crippen molar-refractivity contribution in [2.75, 3.05) is 6.54 Å². The largest absolute Gasteiger partial charge is 0.481 e. The highest BCUT2D eigenvalue weighted by Crippen LogP contribution is 2.27. The molecule has 1 aromatic rings. The highest BCUT2D eigenvalue weighted by Gasteiger charge is 2.34. The number of nitrogens with zero attached hydrogens (tertiary/aromatic N) is 2. The van der Waals surface area contributed by atoms with Crippen molar-refractivity contribution in [1.29, 1.82) is 0 Å². The summed E-state index contributed by atoms with van der Waals surface area (Å²) in [6, 6.07) is 0.309. The fourth-order valence-corrected chi connectivity index (χ4v) is 4.03. The normalized spacial score (nSPS) is 20.8. The zero-order valence-electron chi connectivity index (χ0n) is 10.7. The summed E-state index contributed by atoms with van der Waals surface area (Å²) in [6.45, 7) is 0.247. The Balaban J connectivity index is 2.33. The molecule has 0 aromatic carbocycles. The molecule has 0 bridgehead atoms. The Morgan fingerprint density at radius 1 is 1.45 bits per heavy atom. The lowest BCUT2D eigenvalue weighted by Gasteiger charge is -2.33. The number of pyridine rings is 1. The van der Waals surface area contributed by atoms with E-state index in [1.165, 1.54) is 0 Å². The molecule has 110 valence electrons. The second kappa shape index (κ2) is 5.84. The lowest BCUT2D eigenvalue weighted by Crippen LogP contribution is -2.44. The van der Waals surface area contributed by atoms with Gasteiger partial charge < -0.3 is 5.11 Å². The standard InChI is InChI=1S/C12H15FN2O4S/c13-9-5-11(8-14-7-9)20(18,19)15-4-2-1-3-10(15)6-12(16)17/h5,7-8,10H,1-4,6H2,(H,16,17). The van der Waals surface area contributed by atoms with Gasteiger partial charge in [-0.05, 0) is 18.9 Å². The summed E-state index contributed by atoms with van der Waals surface area (Å²) in [6.07, 6.45) is 3.69. The third kappa shape index (κ3) is 3.13. The number of carboxylic acids is 1. The van der Waals surface area contributed by atoms with Gasteiger partial charge in [0.1, 0.15) is 10.7 Å². The third-order valence-electron chi connectivity index (χ3n) is 3.27. The molecule has 0 aliphatic carbocycles. The van der Waals surface area contributed by atoms with Crippen LogP contribution in [0.4, 0.5) is 4.39 Å². The van der Waals surface area contributed by atoms with Crippen molar-refractivity contribution in [2.24, 2.45) is 0 Å². The quantitative estimate of drug-likeness (QED) is 0.904. The number of aromatic nitrogens is 1. The SMILES string of the molecule is O=C(O)CC1CCCCN1S(=O)(=O)c1cncc(F)c1. The van der Waals surface area contributed by atoms with E-state index in [0.29, 0.717) is 12.8 Å². The van der Waals surface area contributed by atoms with Crippen LogP contribution in [0.3, 0.4) is 0 Å². The summed E-state index contributed by atoms with van der Waals surface area (Å²) >= 11 is 0. The van der Waals surface area contributed by atoms with Crippen molar-refractivity contribution in [3.05, 3.63) is 24.3 Å². The lowest BCUT2D eigenvalue weighted by molar-refractivity contribution is -0.138. The Kier molecular flexibility index (Phi) is 4.34. The minimum Gasteiger partial charge on any atom is -0.481 e. The third-order valence-corrected chi connectivity index (χ3v) is 5.19. The van der Waals surface area contributed by atoms with E-state index in [1.54, 1.807) is 0 Å². The van der Waals surface area contributed by atoms with Gasteiger partial charge in [0.05, 0.1) is 12.6 Å². The number of sulfonamides is 1. The van der Waals surface area contributed by atoms with E-state index < -0.39 is 27.9 Å². The Morgan fingerprint density at radius 2 is 2.20 bits per heavy atom. The molecule has 0 spiro atoms. The van der Waals surface area contributed by atoms with Crippen LogP contribution in [0.1, 0.15) is 25.7 Å². The highest BCUT2D eigenvalue weighted by atomic mass is 32.2. The molecule has 6 nitrogen and oxygen atoms in total. The molecular formula is C12H15FN2O4S. The molecule has 2 heterocycles. The van der Waals surface area contributed by atoms with Crippen LogP contribution >= 0.6 is 0 Å². The summed E-state index contributed by atoms with van der Waals surface area (Å²) < 4.78 is 39.2. The van der Waals surface area contributed by atoms with Crippen LogP contribution in [0.25, 0.3) is 0 Å². The first-order valence-electron chi connectivity index (χ1n) is 6.25. The van der Waals surface area contributed by atoms with Gasteiger partial charge >= 0.3 is 5.97 Å². The van der Waals surface area contributed by atoms with E-state index in [4.69, 9.17) is 5.11 Å². The molecule has 0 radical (unpaired) electrons. The van der Waals surface area contributed by atoms with Crippen LogP contribution < -0.4 is 0 Å². The maximum atomic E-state index is 13.1. The Hall–Kier alpha value is -1.54. The topological polar surface area (TPSA) is 87.6 Å². The highest BCUT2D eigenvalue weighted by molar-refractivity contribution is 7.89. The number of hydrogen-bond donors (Lipinski definition) is 1. The molecule has 0 amide bonds. The van der Waals surface area contributed by atoms with Gasteiger partial charge in [-0.3, -0.25) is 9.78 Å². The molecule has 1 saturated heterocycles. The first kappa shape index (κ1) is 14.9. The monoisotopic (exact) mass is 302 g/mol. The van der Waals surface area contributed by atoms with Crippen molar-refractivity contribution >= 4 is 16.0 Å². The summed E-state index contributed by atoms with van der Waals surface area (Å²) in [5.74, 6) is -1.78. The van der Waals surface area contributed by atoms with Crippen LogP contribution in [-0.4, -0.2) is 41.4 Å². The molecule has 1 atom stereocenters. The Labute approximate surface area is 116 Å². The molecule has 20 heavy (non-hydrogen) atoms. The minimum atomic E-state index is -3.91. The van der Waals surface area contributed by atoms with Crippen molar-refractivity contribution < 1.29 is 22.7 Å². The zero-order chi connectivity index (χ0) is 14.8. The number of hydrogen-bond acceptors (Lipinski definition) is 4. The van der Waals surface area contributed by atoms with Gasteiger partial charge in [0.15, 0.2) is 0 Å². The van der Waals surface area contributed by atoms with Crippen LogP contribution in [-0.2, 0) is 14.8 Å². The van der Waals surface area contributed by atoms with Crippen LogP contribution in [0.2, 0.25) is 0 Å². The lowest BCUT2D eigenvalue weighted by atomic mass is 10.0. The minimum absolute atomic E-state index is 0.241. The fourth-order valence-electron chi connectivity index (χ4n) is 2.36. The van der Waals surface area contributed by atoms with E-state index in [9.17, 15) is 17.6 Å². The van der Waals surface area contributed by atoms with Gasteiger partial charge in [0.2, 0.25) is 10.0 Å². The van der Waals surface area contributed by atoms with Crippen molar-refractivity contribution in [2.45, 2.75) is 36.6 Å². The van der Waals surface area contributed by atoms with Gasteiger partial charge in [0.25, 0.3) is 0 Å². The van der Waals surface area contributed by atoms with Crippen molar-refractivity contribution in [1.82, 2.24) is 9.29 Å². The summed E-state index contributed by atoms with van der Waals surface area (Å²) in [5.41, 5.74) is 0. The first-order valence-corrected chi connectivity index (χ1v) is 7.69. The summed E-state index contributed by atoms with van der Waals surface area (Å²) in [4.78, 5) is 14.1. The molecule has 1 fully saturated rings. The summed E-state index contributed by atoms with van der Waals surface area (Å²) in [7, 11) is -3.91. The van der Waals surface area contributed by atoms with Gasteiger partial charge in [-0.25, -0.2) is 12.8 Å². The van der Waals surface area contributed by atoms with Crippen LogP contribution in [0.5, 0.6) is 0 Å². The number of aliphatic carboxylic acids is 1. The van der Waals surface area contributed by atoms with E-state index in [0.717, 1.165) is 29.2 Å². The number of rotatable bonds is 4. The Morgan fingerprint density at radius 3 is 2.85 bits per heavy atom. The Bertz CT molecular complexity index is 605. The number of halogens is 1. The predicted molar refractivity (Wildman–Crippen MR) is 68.0 cm³/mol. The number of carboxylic acid groups (broad SMARTS) is 1. The molecule has 1 aliphatic rings. The number of carbonyl (C=O) groups is 1. The average Bonchev–Trinajstić information content (AvgIpc) is 2.38. The molecule has 2 rings (SSSR count). The fraction of sp³-hybridized carbons (Fsp3) is 0.500. The second-order valence-corrected chi connectivity index (χ2v) is 6.59. The van der Waals surface area contributed by atoms with Crippen LogP contribution in [0, 0.1) is 5.82 Å². The molecule has 1 aromatic heterocycles.